The molecule has 0 aromatic heterocycles. The topological polar surface area (TPSA) is 20.3 Å². The molecule has 2 nitrogen and oxygen atoms in total. The van der Waals surface area contributed by atoms with E-state index in [-0.39, 0.29) is 5.78 Å². The summed E-state index contributed by atoms with van der Waals surface area (Å²) >= 11 is 0. The third-order valence-electron chi connectivity index (χ3n) is 3.64. The first-order valence-electron chi connectivity index (χ1n) is 7.27. The first kappa shape index (κ1) is 14.0. The molecule has 0 spiro atoms. The van der Waals surface area contributed by atoms with E-state index >= 15 is 0 Å². The summed E-state index contributed by atoms with van der Waals surface area (Å²) in [6.07, 6.45) is 7.34. The number of carbonyl (C=O) groups is 1. The Hall–Kier alpha value is -1.41. The Kier molecular flexibility index (Phi) is 5.34. The Morgan fingerprint density at radius 2 is 2.11 bits per heavy atom. The van der Waals surface area contributed by atoms with Crippen molar-refractivity contribution in [1.82, 2.24) is 4.90 Å². The van der Waals surface area contributed by atoms with Crippen molar-refractivity contribution in [3.8, 4) is 0 Å². The maximum absolute atomic E-state index is 12.1. The first-order chi connectivity index (χ1) is 9.29. The van der Waals surface area contributed by atoms with Crippen LogP contribution in [0.15, 0.2) is 42.5 Å². The normalized spacial score (nSPS) is 19.5. The zero-order valence-electron chi connectivity index (χ0n) is 11.7. The first-order valence-corrected chi connectivity index (χ1v) is 7.27. The molecule has 1 heterocycles. The van der Waals surface area contributed by atoms with Gasteiger partial charge in [0.1, 0.15) is 0 Å². The molecule has 0 amide bonds. The molecule has 2 rings (SSSR count). The molecule has 0 N–H and O–H groups in total. The van der Waals surface area contributed by atoms with E-state index in [4.69, 9.17) is 0 Å². The predicted octanol–water partition coefficient (Wildman–Crippen LogP) is 3.55. The number of benzene rings is 1. The van der Waals surface area contributed by atoms with Crippen molar-refractivity contribution >= 4 is 5.78 Å². The van der Waals surface area contributed by atoms with E-state index in [2.05, 4.69) is 24.0 Å². The summed E-state index contributed by atoms with van der Waals surface area (Å²) in [5, 5.41) is 0. The van der Waals surface area contributed by atoms with E-state index < -0.39 is 0 Å². The molecule has 1 aliphatic rings. The monoisotopic (exact) mass is 257 g/mol. The van der Waals surface area contributed by atoms with Gasteiger partial charge in [-0.3, -0.25) is 9.69 Å². The van der Waals surface area contributed by atoms with E-state index in [0.29, 0.717) is 12.3 Å². The second-order valence-corrected chi connectivity index (χ2v) is 5.28. The molecule has 1 unspecified atom stereocenters. The summed E-state index contributed by atoms with van der Waals surface area (Å²) in [6.45, 7) is 5.54. The maximum atomic E-state index is 12.1. The number of carbonyl (C=O) groups excluding carboxylic acids is 1. The zero-order chi connectivity index (χ0) is 13.5. The van der Waals surface area contributed by atoms with Crippen LogP contribution in [0.2, 0.25) is 0 Å². The highest BCUT2D eigenvalue weighted by Crippen LogP contribution is 2.17. The largest absolute Gasteiger partial charge is 0.299 e. The molecule has 0 fully saturated rings. The van der Waals surface area contributed by atoms with Gasteiger partial charge in [-0.25, -0.2) is 0 Å². The molecule has 1 aliphatic heterocycles. The number of nitrogens with zero attached hydrogens (tertiary/aromatic N) is 1. The highest BCUT2D eigenvalue weighted by molar-refractivity contribution is 5.95. The van der Waals surface area contributed by atoms with E-state index in [1.165, 1.54) is 6.42 Å². The summed E-state index contributed by atoms with van der Waals surface area (Å²) in [4.78, 5) is 14.5. The van der Waals surface area contributed by atoms with Gasteiger partial charge in [0.2, 0.25) is 0 Å². The van der Waals surface area contributed by atoms with Crippen molar-refractivity contribution < 1.29 is 4.79 Å². The quantitative estimate of drug-likeness (QED) is 0.574. The third-order valence-corrected chi connectivity index (χ3v) is 3.64. The molecule has 0 saturated heterocycles. The Bertz CT molecular complexity index is 424. The van der Waals surface area contributed by atoms with Crippen molar-refractivity contribution in [3.63, 3.8) is 0 Å². The number of ketones is 1. The predicted molar refractivity (Wildman–Crippen MR) is 79.4 cm³/mol. The van der Waals surface area contributed by atoms with Crippen LogP contribution < -0.4 is 0 Å². The average molecular weight is 257 g/mol. The van der Waals surface area contributed by atoms with E-state index in [0.717, 1.165) is 31.6 Å². The van der Waals surface area contributed by atoms with Gasteiger partial charge < -0.3 is 0 Å². The Labute approximate surface area is 116 Å². The van der Waals surface area contributed by atoms with Gasteiger partial charge in [0, 0.05) is 25.1 Å². The van der Waals surface area contributed by atoms with Gasteiger partial charge in [-0.1, -0.05) is 49.4 Å². The van der Waals surface area contributed by atoms with E-state index in [1.807, 2.05) is 30.3 Å². The molecular formula is C17H23NO. The summed E-state index contributed by atoms with van der Waals surface area (Å²) in [5.41, 5.74) is 0.840. The smallest absolute Gasteiger partial charge is 0.162 e. The Balaban J connectivity index is 1.81. The highest BCUT2D eigenvalue weighted by atomic mass is 16.1. The van der Waals surface area contributed by atoms with Gasteiger partial charge in [0.15, 0.2) is 5.78 Å². The van der Waals surface area contributed by atoms with Gasteiger partial charge >= 0.3 is 0 Å². The molecule has 2 heteroatoms. The van der Waals surface area contributed by atoms with Crippen molar-refractivity contribution in [2.45, 2.75) is 26.2 Å². The number of hydrogen-bond acceptors (Lipinski definition) is 2. The van der Waals surface area contributed by atoms with Crippen LogP contribution >= 0.6 is 0 Å². The number of rotatable bonds is 6. The van der Waals surface area contributed by atoms with Crippen LogP contribution in [0.4, 0.5) is 0 Å². The Morgan fingerprint density at radius 1 is 1.32 bits per heavy atom. The Morgan fingerprint density at radius 3 is 2.84 bits per heavy atom. The van der Waals surface area contributed by atoms with Crippen LogP contribution in [-0.4, -0.2) is 30.3 Å². The second kappa shape index (κ2) is 7.25. The minimum absolute atomic E-state index is 0.265. The van der Waals surface area contributed by atoms with Crippen molar-refractivity contribution in [2.24, 2.45) is 5.92 Å². The average Bonchev–Trinajstić information content (AvgIpc) is 2.46. The van der Waals surface area contributed by atoms with Gasteiger partial charge in [-0.15, -0.1) is 0 Å². The van der Waals surface area contributed by atoms with E-state index in [9.17, 15) is 4.79 Å². The summed E-state index contributed by atoms with van der Waals surface area (Å²) in [6, 6.07) is 9.61. The minimum atomic E-state index is 0.265. The van der Waals surface area contributed by atoms with Gasteiger partial charge in [-0.2, -0.15) is 0 Å². The van der Waals surface area contributed by atoms with Gasteiger partial charge in [0.25, 0.3) is 0 Å². The number of Topliss-reactive ketones (excluding diaryl/α,β-unsaturated/α-hetero) is 1. The van der Waals surface area contributed by atoms with Crippen molar-refractivity contribution in [1.29, 1.82) is 0 Å². The lowest BCUT2D eigenvalue weighted by atomic mass is 9.96. The van der Waals surface area contributed by atoms with Crippen LogP contribution in [0.3, 0.4) is 0 Å². The fourth-order valence-corrected chi connectivity index (χ4v) is 2.64. The summed E-state index contributed by atoms with van der Waals surface area (Å²) in [7, 11) is 0. The summed E-state index contributed by atoms with van der Waals surface area (Å²) in [5.74, 6) is 0.801. The highest BCUT2D eigenvalue weighted by Gasteiger charge is 2.16. The lowest BCUT2D eigenvalue weighted by Crippen LogP contribution is -2.33. The van der Waals surface area contributed by atoms with Crippen LogP contribution in [0.25, 0.3) is 0 Å². The lowest BCUT2D eigenvalue weighted by Gasteiger charge is -2.28. The molecule has 0 aliphatic carbocycles. The fourth-order valence-electron chi connectivity index (χ4n) is 2.64. The summed E-state index contributed by atoms with van der Waals surface area (Å²) < 4.78 is 0. The molecule has 102 valence electrons. The van der Waals surface area contributed by atoms with Crippen LogP contribution in [0, 0.1) is 5.92 Å². The van der Waals surface area contributed by atoms with Crippen molar-refractivity contribution in [3.05, 3.63) is 48.0 Å². The molecule has 0 radical (unpaired) electrons. The molecule has 1 aromatic carbocycles. The fraction of sp³-hybridized carbons (Fsp3) is 0.471. The van der Waals surface area contributed by atoms with Crippen molar-refractivity contribution in [2.75, 3.05) is 19.6 Å². The molecule has 0 bridgehead atoms. The third kappa shape index (κ3) is 4.32. The van der Waals surface area contributed by atoms with Crippen LogP contribution in [0.1, 0.15) is 36.5 Å². The van der Waals surface area contributed by atoms with Gasteiger partial charge in [0.05, 0.1) is 0 Å². The van der Waals surface area contributed by atoms with E-state index in [1.54, 1.807) is 0 Å². The number of hydrogen-bond donors (Lipinski definition) is 0. The molecule has 19 heavy (non-hydrogen) atoms. The second-order valence-electron chi connectivity index (χ2n) is 5.28. The van der Waals surface area contributed by atoms with Crippen LogP contribution in [0.5, 0.6) is 0 Å². The molecule has 0 saturated carbocycles. The molecule has 1 atom stereocenters. The molecule has 1 aromatic rings. The SMILES string of the molecule is CCCN1CC=CC(CCC(=O)c2ccccc2)C1. The van der Waals surface area contributed by atoms with Crippen LogP contribution in [-0.2, 0) is 0 Å². The lowest BCUT2D eigenvalue weighted by molar-refractivity contribution is 0.0972. The zero-order valence-corrected chi connectivity index (χ0v) is 11.7. The minimum Gasteiger partial charge on any atom is -0.299 e. The molecular weight excluding hydrogens is 234 g/mol. The standard InChI is InChI=1S/C17H23NO/c1-2-12-18-13-6-7-15(14-18)10-11-17(19)16-8-4-3-5-9-16/h3-9,15H,2,10-14H2,1H3. The maximum Gasteiger partial charge on any atom is 0.162 e. The van der Waals surface area contributed by atoms with Gasteiger partial charge in [-0.05, 0) is 25.3 Å².